The third kappa shape index (κ3) is 9.97. The highest BCUT2D eigenvalue weighted by atomic mass is 31.2. The third-order valence-corrected chi connectivity index (χ3v) is 12.5. The van der Waals surface area contributed by atoms with E-state index < -0.39 is 15.6 Å². The average Bonchev–Trinajstić information content (AvgIpc) is 3.20. The Hall–Kier alpha value is -3.05. The number of hydrogen-bond acceptors (Lipinski definition) is 7. The van der Waals surface area contributed by atoms with Gasteiger partial charge >= 0.3 is 32.3 Å². The van der Waals surface area contributed by atoms with Crippen LogP contribution in [0.5, 0.6) is 23.0 Å². The lowest BCUT2D eigenvalue weighted by Crippen LogP contribution is -2.14. The molecule has 0 spiro atoms. The van der Waals surface area contributed by atoms with Crippen LogP contribution in [0.15, 0.2) is 48.5 Å². The lowest BCUT2D eigenvalue weighted by atomic mass is 9.86. The van der Waals surface area contributed by atoms with Gasteiger partial charge in [-0.25, -0.2) is 9.13 Å². The fourth-order valence-corrected chi connectivity index (χ4v) is 9.45. The fraction of sp³-hybridized carbons (Fsp3) is 0.455. The molecule has 2 radical (unpaired) electrons. The summed E-state index contributed by atoms with van der Waals surface area (Å²) in [6, 6.07) is 16.7. The van der Waals surface area contributed by atoms with Gasteiger partial charge in [0.15, 0.2) is 0 Å². The van der Waals surface area contributed by atoms with Crippen molar-refractivity contribution in [3.05, 3.63) is 115 Å². The minimum atomic E-state index is -4.28. The summed E-state index contributed by atoms with van der Waals surface area (Å²) in [6.07, 6.45) is 6.53. The standard InChI is InChI=1S/2C22H29O4P.Al.H2O/c2*1-6-15-10-17(8-3)21-19(12-15)14(5)20-13-16(7-2)11-18(9-4)22(20)26-27(23,24)25-21;;/h2*10-14H,6-9H2,1-5H3,(H,23,24);;1H2/q;;+1;/p-1. The number of phosphoric acid groups is 2. The Kier molecular flexibility index (Phi) is 16.0. The van der Waals surface area contributed by atoms with Crippen LogP contribution in [-0.2, 0) is 60.5 Å². The summed E-state index contributed by atoms with van der Waals surface area (Å²) in [4.78, 5) is 20.9. The van der Waals surface area contributed by atoms with Crippen molar-refractivity contribution in [2.45, 2.75) is 132 Å². The fourth-order valence-electron chi connectivity index (χ4n) is 7.56. The predicted molar refractivity (Wildman–Crippen MR) is 226 cm³/mol. The normalized spacial score (nSPS) is 20.7. The second kappa shape index (κ2) is 19.6. The zero-order valence-corrected chi connectivity index (χ0v) is 37.6. The first-order valence-electron chi connectivity index (χ1n) is 20.0. The van der Waals surface area contributed by atoms with Crippen molar-refractivity contribution in [2.24, 2.45) is 0 Å². The quantitative estimate of drug-likeness (QED) is 0.117. The van der Waals surface area contributed by atoms with Gasteiger partial charge < -0.3 is 22.3 Å². The zero-order chi connectivity index (χ0) is 41.5. The van der Waals surface area contributed by atoms with Crippen molar-refractivity contribution in [2.75, 3.05) is 0 Å². The summed E-state index contributed by atoms with van der Waals surface area (Å²) >= 11 is 1.42. The van der Waals surface area contributed by atoms with Crippen LogP contribution in [0.4, 0.5) is 0 Å². The number of fused-ring (bicyclic) bond motifs is 4. The van der Waals surface area contributed by atoms with E-state index in [1.165, 1.54) is 38.9 Å². The Morgan fingerprint density at radius 1 is 0.429 bits per heavy atom. The molecule has 0 bridgehead atoms. The van der Waals surface area contributed by atoms with E-state index in [0.717, 1.165) is 95.9 Å². The van der Waals surface area contributed by atoms with Gasteiger partial charge in [0.1, 0.15) is 23.0 Å². The zero-order valence-electron chi connectivity index (χ0n) is 34.7. The number of hydrogen-bond donors (Lipinski definition) is 3. The topological polar surface area (TPSA) is 132 Å². The number of phosphoric ester groups is 2. The molecular formula is C44H59AlO9P2. The SMILES string of the molecule is CCc1cc(CC)c2c(c1)C(C)c1cc(CC)cc(CC)c1OP(=O)(O)O2.CCc1cc(CC)c2c(c1)C(C)c1cc(CC)cc(CC)c1OP(=O)(O)O2.[OH][Al]. The van der Waals surface area contributed by atoms with Crippen LogP contribution in [0.25, 0.3) is 0 Å². The van der Waals surface area contributed by atoms with Gasteiger partial charge in [-0.1, -0.05) is 118 Å². The van der Waals surface area contributed by atoms with Crippen molar-refractivity contribution < 1.29 is 41.2 Å². The Morgan fingerprint density at radius 3 is 0.786 bits per heavy atom. The van der Waals surface area contributed by atoms with Gasteiger partial charge in [0, 0.05) is 34.1 Å². The second-order valence-corrected chi connectivity index (χ2v) is 16.9. The maximum Gasteiger partial charge on any atom is 0.584 e. The molecule has 4 aromatic carbocycles. The van der Waals surface area contributed by atoms with Crippen LogP contribution in [0.2, 0.25) is 0 Å². The molecule has 302 valence electrons. The van der Waals surface area contributed by atoms with Gasteiger partial charge in [0.25, 0.3) is 0 Å². The van der Waals surface area contributed by atoms with Crippen molar-refractivity contribution in [3.63, 3.8) is 0 Å². The molecule has 0 aliphatic carbocycles. The summed E-state index contributed by atoms with van der Waals surface area (Å²) in [5.41, 5.74) is 12.4. The Bertz CT molecular complexity index is 1830. The van der Waals surface area contributed by atoms with Crippen molar-refractivity contribution in [3.8, 4) is 23.0 Å². The van der Waals surface area contributed by atoms with Crippen molar-refractivity contribution in [1.82, 2.24) is 0 Å². The van der Waals surface area contributed by atoms with Gasteiger partial charge in [-0.05, 0) is 95.9 Å². The van der Waals surface area contributed by atoms with Gasteiger partial charge in [-0.3, -0.25) is 9.79 Å². The molecule has 2 aliphatic rings. The molecular weight excluding hydrogens is 761 g/mol. The smallest absolute Gasteiger partial charge is 0.529 e. The van der Waals surface area contributed by atoms with Crippen molar-refractivity contribution >= 4 is 32.3 Å². The molecule has 0 amide bonds. The second-order valence-electron chi connectivity index (χ2n) is 14.3. The number of rotatable bonds is 8. The van der Waals surface area contributed by atoms with Crippen LogP contribution >= 0.6 is 15.6 Å². The van der Waals surface area contributed by atoms with Crippen LogP contribution in [0, 0.1) is 0 Å². The first kappa shape index (κ1) is 45.7. The summed E-state index contributed by atoms with van der Waals surface area (Å²) < 4.78 is 55.0. The van der Waals surface area contributed by atoms with E-state index in [1.807, 2.05) is 27.7 Å². The van der Waals surface area contributed by atoms with E-state index in [-0.39, 0.29) is 11.8 Å². The maximum absolute atomic E-state index is 12.8. The first-order chi connectivity index (χ1) is 26.7. The highest BCUT2D eigenvalue weighted by Crippen LogP contribution is 2.56. The molecule has 2 aliphatic heterocycles. The van der Waals surface area contributed by atoms with Gasteiger partial charge in [0.05, 0.1) is 0 Å². The van der Waals surface area contributed by atoms with E-state index in [0.29, 0.717) is 23.0 Å². The minimum Gasteiger partial charge on any atom is -0.529 e. The number of benzene rings is 4. The molecule has 0 atom stereocenters. The van der Waals surface area contributed by atoms with Gasteiger partial charge in [-0.2, -0.15) is 0 Å². The summed E-state index contributed by atoms with van der Waals surface area (Å²) in [6.45, 7) is 20.8. The van der Waals surface area contributed by atoms with E-state index in [4.69, 9.17) is 22.3 Å². The van der Waals surface area contributed by atoms with Crippen LogP contribution < -0.4 is 18.1 Å². The highest BCUT2D eigenvalue weighted by Gasteiger charge is 2.37. The highest BCUT2D eigenvalue weighted by molar-refractivity contribution is 7.48. The Labute approximate surface area is 342 Å². The van der Waals surface area contributed by atoms with E-state index in [9.17, 15) is 18.9 Å². The lowest BCUT2D eigenvalue weighted by molar-refractivity contribution is 0.281. The molecule has 12 heteroatoms. The Balaban J connectivity index is 0.000000238. The average molecular weight is 821 g/mol. The molecule has 0 saturated heterocycles. The Morgan fingerprint density at radius 2 is 0.625 bits per heavy atom. The minimum absolute atomic E-state index is 0.00361. The molecule has 3 N–H and O–H groups in total. The van der Waals surface area contributed by atoms with E-state index >= 15 is 0 Å². The molecule has 0 unspecified atom stereocenters. The van der Waals surface area contributed by atoms with Gasteiger partial charge in [0.2, 0.25) is 0 Å². The summed E-state index contributed by atoms with van der Waals surface area (Å²) in [5.74, 6) is 2.00. The third-order valence-electron chi connectivity index (χ3n) is 10.9. The van der Waals surface area contributed by atoms with E-state index in [1.54, 1.807) is 0 Å². The molecule has 4 aromatic rings. The molecule has 6 rings (SSSR count). The first-order valence-corrected chi connectivity index (χ1v) is 23.5. The predicted octanol–water partition coefficient (Wildman–Crippen LogP) is 11.0. The van der Waals surface area contributed by atoms with E-state index in [2.05, 4.69) is 90.1 Å². The molecule has 2 heterocycles. The molecule has 56 heavy (non-hydrogen) atoms. The van der Waals surface area contributed by atoms with Crippen LogP contribution in [0.3, 0.4) is 0 Å². The molecule has 0 aromatic heterocycles. The molecule has 0 saturated carbocycles. The summed E-state index contributed by atoms with van der Waals surface area (Å²) in [7, 11) is -8.55. The monoisotopic (exact) mass is 820 g/mol. The summed E-state index contributed by atoms with van der Waals surface area (Å²) in [5, 5.41) is 0. The van der Waals surface area contributed by atoms with Crippen LogP contribution in [0.1, 0.15) is 148 Å². The largest absolute Gasteiger partial charge is 0.584 e. The lowest BCUT2D eigenvalue weighted by Gasteiger charge is -2.29. The maximum atomic E-state index is 12.8. The van der Waals surface area contributed by atoms with Crippen LogP contribution in [-0.4, -0.2) is 30.6 Å². The van der Waals surface area contributed by atoms with Crippen molar-refractivity contribution in [1.29, 1.82) is 0 Å². The molecule has 9 nitrogen and oxygen atoms in total. The van der Waals surface area contributed by atoms with Gasteiger partial charge in [-0.15, -0.1) is 0 Å². The molecule has 0 fully saturated rings. The number of aryl methyl sites for hydroxylation is 8.